The zero-order chi connectivity index (χ0) is 12.2. The number of unbranched alkanes of at least 4 members (excludes halogenated alkanes) is 7. The average Bonchev–Trinajstić information content (AvgIpc) is 2.26. The Morgan fingerprint density at radius 1 is 1.00 bits per heavy atom. The molecule has 16 heavy (non-hydrogen) atoms. The SMILES string of the molecule is [CH2]CCCCCCCCCOC(=O)C(=C)C. The minimum absolute atomic E-state index is 0.268. The molecule has 0 aromatic rings. The highest BCUT2D eigenvalue weighted by Crippen LogP contribution is 2.08. The van der Waals surface area contributed by atoms with E-state index < -0.39 is 0 Å². The maximum absolute atomic E-state index is 11.0. The summed E-state index contributed by atoms with van der Waals surface area (Å²) in [6, 6.07) is 0. The third-order valence-electron chi connectivity index (χ3n) is 2.48. The summed E-state index contributed by atoms with van der Waals surface area (Å²) in [4.78, 5) is 11.0. The Kier molecular flexibility index (Phi) is 10.2. The highest BCUT2D eigenvalue weighted by molar-refractivity contribution is 5.86. The van der Waals surface area contributed by atoms with E-state index in [0.29, 0.717) is 12.2 Å². The number of hydrogen-bond acceptors (Lipinski definition) is 2. The molecule has 0 spiro atoms. The van der Waals surface area contributed by atoms with Gasteiger partial charge < -0.3 is 4.74 Å². The standard InChI is InChI=1S/C14H25O2/c1-4-5-6-7-8-9-10-11-12-16-14(15)13(2)3/h1-2,4-12H2,3H3. The van der Waals surface area contributed by atoms with Gasteiger partial charge in [-0.15, -0.1) is 0 Å². The lowest BCUT2D eigenvalue weighted by Crippen LogP contribution is -2.05. The monoisotopic (exact) mass is 225 g/mol. The smallest absolute Gasteiger partial charge is 0.333 e. The largest absolute Gasteiger partial charge is 0.462 e. The maximum atomic E-state index is 11.0. The maximum Gasteiger partial charge on any atom is 0.333 e. The van der Waals surface area contributed by atoms with E-state index in [-0.39, 0.29) is 5.97 Å². The van der Waals surface area contributed by atoms with Crippen LogP contribution in [0.1, 0.15) is 58.3 Å². The van der Waals surface area contributed by atoms with E-state index in [4.69, 9.17) is 4.74 Å². The van der Waals surface area contributed by atoms with Crippen LogP contribution in [0.3, 0.4) is 0 Å². The third kappa shape index (κ3) is 9.75. The molecular weight excluding hydrogens is 200 g/mol. The molecule has 0 amide bonds. The molecule has 2 heteroatoms. The van der Waals surface area contributed by atoms with Crippen molar-refractivity contribution in [2.24, 2.45) is 0 Å². The van der Waals surface area contributed by atoms with Crippen LogP contribution in [0, 0.1) is 6.92 Å². The Balaban J connectivity index is 3.10. The van der Waals surface area contributed by atoms with Gasteiger partial charge >= 0.3 is 5.97 Å². The quantitative estimate of drug-likeness (QED) is 0.318. The second-order valence-electron chi connectivity index (χ2n) is 4.24. The summed E-state index contributed by atoms with van der Waals surface area (Å²) in [6.07, 6.45) is 9.54. The lowest BCUT2D eigenvalue weighted by atomic mass is 10.1. The fraction of sp³-hybridized carbons (Fsp3) is 0.714. The number of ether oxygens (including phenoxy) is 1. The topological polar surface area (TPSA) is 26.3 Å². The lowest BCUT2D eigenvalue weighted by molar-refractivity contribution is -0.139. The van der Waals surface area contributed by atoms with E-state index in [9.17, 15) is 4.79 Å². The van der Waals surface area contributed by atoms with Crippen molar-refractivity contribution in [3.8, 4) is 0 Å². The first-order chi connectivity index (χ1) is 7.68. The summed E-state index contributed by atoms with van der Waals surface area (Å²) in [5.41, 5.74) is 0.480. The second kappa shape index (κ2) is 10.7. The van der Waals surface area contributed by atoms with Gasteiger partial charge in [0.2, 0.25) is 0 Å². The second-order valence-corrected chi connectivity index (χ2v) is 4.24. The van der Waals surface area contributed by atoms with Gasteiger partial charge in [0.15, 0.2) is 0 Å². The van der Waals surface area contributed by atoms with Gasteiger partial charge in [-0.05, 0) is 13.3 Å². The first kappa shape index (κ1) is 15.2. The van der Waals surface area contributed by atoms with Gasteiger partial charge in [0.1, 0.15) is 0 Å². The van der Waals surface area contributed by atoms with Crippen LogP contribution in [0.5, 0.6) is 0 Å². The molecule has 93 valence electrons. The molecular formula is C14H25O2. The molecule has 0 bridgehead atoms. The van der Waals surface area contributed by atoms with Crippen molar-refractivity contribution in [3.05, 3.63) is 19.1 Å². The first-order valence-corrected chi connectivity index (χ1v) is 6.30. The van der Waals surface area contributed by atoms with Crippen LogP contribution in [0.4, 0.5) is 0 Å². The lowest BCUT2D eigenvalue weighted by Gasteiger charge is -2.04. The third-order valence-corrected chi connectivity index (χ3v) is 2.48. The molecule has 0 rings (SSSR count). The molecule has 0 aliphatic rings. The van der Waals surface area contributed by atoms with Gasteiger partial charge in [-0.1, -0.05) is 58.4 Å². The van der Waals surface area contributed by atoms with Crippen molar-refractivity contribution < 1.29 is 9.53 Å². The van der Waals surface area contributed by atoms with Gasteiger partial charge in [-0.3, -0.25) is 0 Å². The molecule has 0 aromatic carbocycles. The van der Waals surface area contributed by atoms with E-state index in [0.717, 1.165) is 19.3 Å². The molecule has 1 radical (unpaired) electrons. The molecule has 0 unspecified atom stereocenters. The van der Waals surface area contributed by atoms with Gasteiger partial charge in [-0.25, -0.2) is 4.79 Å². The highest BCUT2D eigenvalue weighted by atomic mass is 16.5. The normalized spacial score (nSPS) is 10.1. The molecule has 0 saturated carbocycles. The first-order valence-electron chi connectivity index (χ1n) is 6.30. The molecule has 0 atom stereocenters. The molecule has 0 aliphatic carbocycles. The minimum atomic E-state index is -0.268. The van der Waals surface area contributed by atoms with Gasteiger partial charge in [0, 0.05) is 5.57 Å². The minimum Gasteiger partial charge on any atom is -0.462 e. The van der Waals surface area contributed by atoms with Crippen LogP contribution in [0.25, 0.3) is 0 Å². The van der Waals surface area contributed by atoms with E-state index in [1.165, 1.54) is 32.1 Å². The Morgan fingerprint density at radius 3 is 2.00 bits per heavy atom. The van der Waals surface area contributed by atoms with E-state index in [1.54, 1.807) is 6.92 Å². The van der Waals surface area contributed by atoms with Crippen molar-refractivity contribution in [1.29, 1.82) is 0 Å². The summed E-state index contributed by atoms with van der Waals surface area (Å²) in [5, 5.41) is 0. The molecule has 0 aliphatic heterocycles. The van der Waals surface area contributed by atoms with Gasteiger partial charge in [0.05, 0.1) is 6.61 Å². The molecule has 0 saturated heterocycles. The fourth-order valence-electron chi connectivity index (χ4n) is 1.45. The van der Waals surface area contributed by atoms with Crippen LogP contribution < -0.4 is 0 Å². The van der Waals surface area contributed by atoms with Crippen LogP contribution in [-0.4, -0.2) is 12.6 Å². The summed E-state index contributed by atoms with van der Waals surface area (Å²) in [6.45, 7) is 9.56. The zero-order valence-corrected chi connectivity index (χ0v) is 10.6. The highest BCUT2D eigenvalue weighted by Gasteiger charge is 2.01. The molecule has 0 N–H and O–H groups in total. The van der Waals surface area contributed by atoms with Crippen molar-refractivity contribution in [1.82, 2.24) is 0 Å². The van der Waals surface area contributed by atoms with Crippen LogP contribution in [0.15, 0.2) is 12.2 Å². The number of hydrogen-bond donors (Lipinski definition) is 0. The van der Waals surface area contributed by atoms with Crippen molar-refractivity contribution in [2.75, 3.05) is 6.61 Å². The summed E-state index contributed by atoms with van der Waals surface area (Å²) in [7, 11) is 0. The Bertz CT molecular complexity index is 197. The van der Waals surface area contributed by atoms with Gasteiger partial charge in [-0.2, -0.15) is 0 Å². The number of carbonyl (C=O) groups is 1. The molecule has 0 heterocycles. The van der Waals surface area contributed by atoms with E-state index in [2.05, 4.69) is 13.5 Å². The fourth-order valence-corrected chi connectivity index (χ4v) is 1.45. The van der Waals surface area contributed by atoms with E-state index >= 15 is 0 Å². The summed E-state index contributed by atoms with van der Waals surface area (Å²) in [5.74, 6) is -0.268. The van der Waals surface area contributed by atoms with Crippen LogP contribution in [-0.2, 0) is 9.53 Å². The van der Waals surface area contributed by atoms with Crippen LogP contribution in [0.2, 0.25) is 0 Å². The van der Waals surface area contributed by atoms with Gasteiger partial charge in [0.25, 0.3) is 0 Å². The number of esters is 1. The summed E-state index contributed by atoms with van der Waals surface area (Å²) < 4.78 is 5.00. The Hall–Kier alpha value is -0.790. The number of rotatable bonds is 10. The zero-order valence-electron chi connectivity index (χ0n) is 10.6. The summed E-state index contributed by atoms with van der Waals surface area (Å²) >= 11 is 0. The van der Waals surface area contributed by atoms with Crippen molar-refractivity contribution >= 4 is 5.97 Å². The number of carbonyl (C=O) groups excluding carboxylic acids is 1. The molecule has 2 nitrogen and oxygen atoms in total. The van der Waals surface area contributed by atoms with E-state index in [1.807, 2.05) is 0 Å². The molecule has 0 fully saturated rings. The average molecular weight is 225 g/mol. The van der Waals surface area contributed by atoms with Crippen LogP contribution >= 0.6 is 0 Å². The van der Waals surface area contributed by atoms with Crippen molar-refractivity contribution in [3.63, 3.8) is 0 Å². The Labute approximate surface area is 100 Å². The predicted molar refractivity (Wildman–Crippen MR) is 68.1 cm³/mol. The molecule has 0 aromatic heterocycles. The Morgan fingerprint density at radius 2 is 1.50 bits per heavy atom. The van der Waals surface area contributed by atoms with Crippen molar-refractivity contribution in [2.45, 2.75) is 58.3 Å². The predicted octanol–water partition coefficient (Wildman–Crippen LogP) is 4.06.